The smallest absolute Gasteiger partial charge is 0.0860 e. The van der Waals surface area contributed by atoms with Crippen molar-refractivity contribution >= 4 is 0 Å². The third kappa shape index (κ3) is 3.98. The molecule has 1 atom stereocenters. The zero-order chi connectivity index (χ0) is 12.8. The maximum Gasteiger partial charge on any atom is 0.0860 e. The van der Waals surface area contributed by atoms with E-state index in [1.54, 1.807) is 10.9 Å². The summed E-state index contributed by atoms with van der Waals surface area (Å²) >= 11 is 0. The quantitative estimate of drug-likeness (QED) is 0.807. The number of nitrogens with zero attached hydrogens (tertiary/aromatic N) is 2. The summed E-state index contributed by atoms with van der Waals surface area (Å²) in [4.78, 5) is 0. The largest absolute Gasteiger partial charge is 0.390 e. The molecule has 0 aliphatic rings. The van der Waals surface area contributed by atoms with Gasteiger partial charge in [0.05, 0.1) is 12.6 Å². The number of aryl methyl sites for hydroxylation is 1. The Hall–Kier alpha value is -1.65. The zero-order valence-corrected chi connectivity index (χ0v) is 10.6. The third-order valence-corrected chi connectivity index (χ3v) is 2.75. The molecule has 2 aromatic rings. The van der Waals surface area contributed by atoms with Crippen LogP contribution in [0.15, 0.2) is 42.7 Å². The minimum Gasteiger partial charge on any atom is -0.390 e. The van der Waals surface area contributed by atoms with Crippen molar-refractivity contribution in [2.75, 3.05) is 6.54 Å². The van der Waals surface area contributed by atoms with Crippen LogP contribution in [0.25, 0.3) is 0 Å². The lowest BCUT2D eigenvalue weighted by Gasteiger charge is -2.12. The molecular formula is C14H19N3O. The lowest BCUT2D eigenvalue weighted by atomic mass is 10.1. The van der Waals surface area contributed by atoms with E-state index in [2.05, 4.69) is 35.5 Å². The predicted molar refractivity (Wildman–Crippen MR) is 71.1 cm³/mol. The Labute approximate surface area is 107 Å². The Morgan fingerprint density at radius 3 is 3.00 bits per heavy atom. The van der Waals surface area contributed by atoms with Gasteiger partial charge in [0.2, 0.25) is 0 Å². The number of benzene rings is 1. The fourth-order valence-electron chi connectivity index (χ4n) is 1.89. The molecule has 0 radical (unpaired) electrons. The summed E-state index contributed by atoms with van der Waals surface area (Å²) in [5.74, 6) is 0. The first-order chi connectivity index (χ1) is 8.74. The SMILES string of the molecule is Cc1cccc(CNCC(O)Cn2cccn2)c1. The zero-order valence-electron chi connectivity index (χ0n) is 10.6. The Kier molecular flexibility index (Phi) is 4.50. The Balaban J connectivity index is 1.72. The molecule has 0 saturated carbocycles. The van der Waals surface area contributed by atoms with Gasteiger partial charge >= 0.3 is 0 Å². The second-order valence-electron chi connectivity index (χ2n) is 4.50. The van der Waals surface area contributed by atoms with Gasteiger partial charge < -0.3 is 10.4 Å². The van der Waals surface area contributed by atoms with Crippen LogP contribution < -0.4 is 5.32 Å². The van der Waals surface area contributed by atoms with Gasteiger partial charge in [-0.3, -0.25) is 4.68 Å². The van der Waals surface area contributed by atoms with Crippen LogP contribution in [0.5, 0.6) is 0 Å². The van der Waals surface area contributed by atoms with E-state index in [9.17, 15) is 5.11 Å². The van der Waals surface area contributed by atoms with E-state index in [4.69, 9.17) is 0 Å². The number of nitrogens with one attached hydrogen (secondary N) is 1. The van der Waals surface area contributed by atoms with Crippen molar-refractivity contribution in [3.05, 3.63) is 53.9 Å². The summed E-state index contributed by atoms with van der Waals surface area (Å²) in [5.41, 5.74) is 2.49. The van der Waals surface area contributed by atoms with E-state index in [0.29, 0.717) is 13.1 Å². The molecule has 1 aromatic heterocycles. The highest BCUT2D eigenvalue weighted by Gasteiger charge is 2.04. The molecule has 2 rings (SSSR count). The first-order valence-corrected chi connectivity index (χ1v) is 6.16. The van der Waals surface area contributed by atoms with E-state index >= 15 is 0 Å². The molecule has 2 N–H and O–H groups in total. The summed E-state index contributed by atoms with van der Waals surface area (Å²) < 4.78 is 1.74. The standard InChI is InChI=1S/C14H19N3O/c1-12-4-2-5-13(8-12)9-15-10-14(18)11-17-7-3-6-16-17/h2-8,14-15,18H,9-11H2,1H3. The molecule has 0 amide bonds. The topological polar surface area (TPSA) is 50.1 Å². The van der Waals surface area contributed by atoms with E-state index in [1.807, 2.05) is 18.3 Å². The van der Waals surface area contributed by atoms with Gasteiger partial charge in [-0.05, 0) is 18.6 Å². The third-order valence-electron chi connectivity index (χ3n) is 2.75. The van der Waals surface area contributed by atoms with Gasteiger partial charge in [0, 0.05) is 25.5 Å². The average molecular weight is 245 g/mol. The summed E-state index contributed by atoms with van der Waals surface area (Å²) in [5, 5.41) is 17.1. The van der Waals surface area contributed by atoms with Crippen LogP contribution >= 0.6 is 0 Å². The second-order valence-corrected chi connectivity index (χ2v) is 4.50. The minimum absolute atomic E-state index is 0.422. The maximum atomic E-state index is 9.83. The number of aliphatic hydroxyl groups is 1. The Morgan fingerprint density at radius 2 is 2.28 bits per heavy atom. The van der Waals surface area contributed by atoms with Crippen LogP contribution in [0.1, 0.15) is 11.1 Å². The maximum absolute atomic E-state index is 9.83. The van der Waals surface area contributed by atoms with Crippen LogP contribution in [-0.2, 0) is 13.1 Å². The van der Waals surface area contributed by atoms with Crippen molar-refractivity contribution < 1.29 is 5.11 Å². The van der Waals surface area contributed by atoms with Crippen LogP contribution in [0.3, 0.4) is 0 Å². The molecule has 0 saturated heterocycles. The van der Waals surface area contributed by atoms with Crippen LogP contribution in [0, 0.1) is 6.92 Å². The number of hydrogen-bond acceptors (Lipinski definition) is 3. The van der Waals surface area contributed by atoms with Crippen molar-refractivity contribution in [3.63, 3.8) is 0 Å². The summed E-state index contributed by atoms with van der Waals surface area (Å²) in [6.45, 7) is 3.94. The van der Waals surface area contributed by atoms with Crippen molar-refractivity contribution in [3.8, 4) is 0 Å². The van der Waals surface area contributed by atoms with Crippen molar-refractivity contribution in [1.29, 1.82) is 0 Å². The molecule has 1 unspecified atom stereocenters. The molecule has 0 aliphatic heterocycles. The first kappa shape index (κ1) is 12.8. The van der Waals surface area contributed by atoms with Gasteiger partial charge in [-0.2, -0.15) is 5.10 Å². The fourth-order valence-corrected chi connectivity index (χ4v) is 1.89. The van der Waals surface area contributed by atoms with Gasteiger partial charge in [-0.1, -0.05) is 29.8 Å². The Morgan fingerprint density at radius 1 is 1.39 bits per heavy atom. The number of aromatic nitrogens is 2. The van der Waals surface area contributed by atoms with Crippen molar-refractivity contribution in [1.82, 2.24) is 15.1 Å². The van der Waals surface area contributed by atoms with Gasteiger partial charge in [0.1, 0.15) is 0 Å². The molecule has 18 heavy (non-hydrogen) atoms. The molecule has 1 heterocycles. The highest BCUT2D eigenvalue weighted by Crippen LogP contribution is 2.03. The molecule has 0 fully saturated rings. The van der Waals surface area contributed by atoms with Gasteiger partial charge in [0.25, 0.3) is 0 Å². The normalized spacial score (nSPS) is 12.6. The highest BCUT2D eigenvalue weighted by atomic mass is 16.3. The van der Waals surface area contributed by atoms with Crippen LogP contribution in [0.4, 0.5) is 0 Å². The Bertz CT molecular complexity index is 468. The molecule has 0 aliphatic carbocycles. The monoisotopic (exact) mass is 245 g/mol. The molecule has 0 spiro atoms. The van der Waals surface area contributed by atoms with E-state index in [1.165, 1.54) is 11.1 Å². The summed E-state index contributed by atoms with van der Waals surface area (Å²) in [7, 11) is 0. The van der Waals surface area contributed by atoms with Gasteiger partial charge in [-0.25, -0.2) is 0 Å². The van der Waals surface area contributed by atoms with Gasteiger partial charge in [-0.15, -0.1) is 0 Å². The van der Waals surface area contributed by atoms with E-state index in [-0.39, 0.29) is 0 Å². The predicted octanol–water partition coefficient (Wildman–Crippen LogP) is 1.34. The molecule has 0 bridgehead atoms. The first-order valence-electron chi connectivity index (χ1n) is 6.16. The average Bonchev–Trinajstić information content (AvgIpc) is 2.82. The second kappa shape index (κ2) is 6.33. The molecule has 4 nitrogen and oxygen atoms in total. The molecular weight excluding hydrogens is 226 g/mol. The van der Waals surface area contributed by atoms with Gasteiger partial charge in [0.15, 0.2) is 0 Å². The van der Waals surface area contributed by atoms with Crippen molar-refractivity contribution in [2.45, 2.75) is 26.1 Å². The van der Waals surface area contributed by atoms with Crippen LogP contribution in [0.2, 0.25) is 0 Å². The number of rotatable bonds is 6. The summed E-state index contributed by atoms with van der Waals surface area (Å²) in [6.07, 6.45) is 3.14. The molecule has 1 aromatic carbocycles. The van der Waals surface area contributed by atoms with Crippen molar-refractivity contribution in [2.24, 2.45) is 0 Å². The number of hydrogen-bond donors (Lipinski definition) is 2. The lowest BCUT2D eigenvalue weighted by Crippen LogP contribution is -2.30. The molecule has 4 heteroatoms. The fraction of sp³-hybridized carbons (Fsp3) is 0.357. The summed E-state index contributed by atoms with van der Waals surface area (Å²) in [6, 6.07) is 10.2. The minimum atomic E-state index is -0.422. The van der Waals surface area contributed by atoms with Crippen LogP contribution in [-0.4, -0.2) is 27.5 Å². The van der Waals surface area contributed by atoms with E-state index in [0.717, 1.165) is 6.54 Å². The lowest BCUT2D eigenvalue weighted by molar-refractivity contribution is 0.146. The molecule has 96 valence electrons. The highest BCUT2D eigenvalue weighted by molar-refractivity contribution is 5.21. The van der Waals surface area contributed by atoms with E-state index < -0.39 is 6.10 Å². The number of aliphatic hydroxyl groups excluding tert-OH is 1.